The van der Waals surface area contributed by atoms with Gasteiger partial charge in [0.25, 0.3) is 0 Å². The molecule has 0 unspecified atom stereocenters. The standard InChI is InChI=1S/C21H17ClF3N5O2S/c1-2-9-30-20(12-3-5-13(22)6-4-12)28-29-21(30)33-11-17(32)26-10-16(31)27-15-8-7-14(23)18(24)19(15)25/h2-8H,1,9-11H2,(H,26,32)(H,27,31). The van der Waals surface area contributed by atoms with Crippen LogP contribution in [0.25, 0.3) is 11.4 Å². The first kappa shape index (κ1) is 24.3. The number of nitrogens with one attached hydrogen (secondary N) is 2. The Balaban J connectivity index is 1.56. The van der Waals surface area contributed by atoms with E-state index >= 15 is 0 Å². The molecule has 0 aliphatic rings. The zero-order chi connectivity index (χ0) is 24.0. The third-order valence-electron chi connectivity index (χ3n) is 4.22. The van der Waals surface area contributed by atoms with Crippen molar-refractivity contribution in [3.8, 4) is 11.4 Å². The van der Waals surface area contributed by atoms with Gasteiger partial charge in [0.05, 0.1) is 18.0 Å². The van der Waals surface area contributed by atoms with Crippen LogP contribution in [-0.2, 0) is 16.1 Å². The zero-order valence-electron chi connectivity index (χ0n) is 16.9. The molecule has 0 aliphatic carbocycles. The van der Waals surface area contributed by atoms with Crippen LogP contribution in [0.2, 0.25) is 5.02 Å². The summed E-state index contributed by atoms with van der Waals surface area (Å²) in [5.74, 6) is -5.41. The van der Waals surface area contributed by atoms with Gasteiger partial charge in [0.15, 0.2) is 28.4 Å². The predicted molar refractivity (Wildman–Crippen MR) is 119 cm³/mol. The van der Waals surface area contributed by atoms with Gasteiger partial charge >= 0.3 is 0 Å². The SMILES string of the molecule is C=CCn1c(SCC(=O)NCC(=O)Nc2ccc(F)c(F)c2F)nnc1-c1ccc(Cl)cc1. The average Bonchev–Trinajstić information content (AvgIpc) is 3.20. The minimum Gasteiger partial charge on any atom is -0.346 e. The van der Waals surface area contributed by atoms with E-state index in [0.29, 0.717) is 28.6 Å². The largest absolute Gasteiger partial charge is 0.346 e. The molecule has 0 radical (unpaired) electrons. The topological polar surface area (TPSA) is 88.9 Å². The summed E-state index contributed by atoms with van der Waals surface area (Å²) < 4.78 is 41.6. The van der Waals surface area contributed by atoms with Crippen LogP contribution in [0.1, 0.15) is 0 Å². The second-order valence-electron chi connectivity index (χ2n) is 6.55. The Labute approximate surface area is 196 Å². The summed E-state index contributed by atoms with van der Waals surface area (Å²) in [6.45, 7) is 3.63. The summed E-state index contributed by atoms with van der Waals surface area (Å²) in [7, 11) is 0. The van der Waals surface area contributed by atoms with E-state index in [0.717, 1.165) is 23.4 Å². The number of allylic oxidation sites excluding steroid dienone is 1. The number of thioether (sulfide) groups is 1. The van der Waals surface area contributed by atoms with Crippen molar-refractivity contribution >= 4 is 40.9 Å². The monoisotopic (exact) mass is 495 g/mol. The van der Waals surface area contributed by atoms with Gasteiger partial charge < -0.3 is 10.6 Å². The number of nitrogens with zero attached hydrogens (tertiary/aromatic N) is 3. The van der Waals surface area contributed by atoms with E-state index in [9.17, 15) is 22.8 Å². The fraction of sp³-hybridized carbons (Fsp3) is 0.143. The van der Waals surface area contributed by atoms with Gasteiger partial charge in [-0.1, -0.05) is 29.4 Å². The van der Waals surface area contributed by atoms with Crippen LogP contribution in [0.3, 0.4) is 0 Å². The second-order valence-corrected chi connectivity index (χ2v) is 7.93. The molecule has 7 nitrogen and oxygen atoms in total. The molecule has 2 N–H and O–H groups in total. The molecular formula is C21H17ClF3N5O2S. The van der Waals surface area contributed by atoms with Gasteiger partial charge in [-0.3, -0.25) is 14.2 Å². The number of rotatable bonds is 9. The number of amides is 2. The number of benzene rings is 2. The van der Waals surface area contributed by atoms with Crippen molar-refractivity contribution in [2.24, 2.45) is 0 Å². The quantitative estimate of drug-likeness (QED) is 0.266. The van der Waals surface area contributed by atoms with Crippen molar-refractivity contribution in [1.29, 1.82) is 0 Å². The van der Waals surface area contributed by atoms with Gasteiger partial charge in [0.2, 0.25) is 11.8 Å². The minimum atomic E-state index is -1.70. The van der Waals surface area contributed by atoms with E-state index in [1.807, 2.05) is 0 Å². The lowest BCUT2D eigenvalue weighted by Crippen LogP contribution is -2.34. The molecule has 0 aliphatic heterocycles. The Bertz CT molecular complexity index is 1190. The van der Waals surface area contributed by atoms with E-state index in [1.54, 1.807) is 34.9 Å². The number of hydrogen-bond acceptors (Lipinski definition) is 5. The summed E-state index contributed by atoms with van der Waals surface area (Å²) in [4.78, 5) is 24.0. The normalized spacial score (nSPS) is 10.7. The van der Waals surface area contributed by atoms with Crippen molar-refractivity contribution in [2.45, 2.75) is 11.7 Å². The fourth-order valence-corrected chi connectivity index (χ4v) is 3.58. The van der Waals surface area contributed by atoms with Crippen LogP contribution in [0.15, 0.2) is 54.2 Å². The molecule has 12 heteroatoms. The number of hydrogen-bond donors (Lipinski definition) is 2. The van der Waals surface area contributed by atoms with E-state index in [4.69, 9.17) is 11.6 Å². The summed E-state index contributed by atoms with van der Waals surface area (Å²) in [6, 6.07) is 8.60. The van der Waals surface area contributed by atoms with Crippen LogP contribution in [0.4, 0.5) is 18.9 Å². The lowest BCUT2D eigenvalue weighted by Gasteiger charge is -2.09. The Morgan fingerprint density at radius 2 is 1.79 bits per heavy atom. The molecule has 0 atom stereocenters. The Morgan fingerprint density at radius 3 is 2.48 bits per heavy atom. The second kappa shape index (κ2) is 11.0. The van der Waals surface area contributed by atoms with Gasteiger partial charge in [-0.25, -0.2) is 13.2 Å². The van der Waals surface area contributed by atoms with Crippen molar-refractivity contribution in [3.63, 3.8) is 0 Å². The number of carbonyl (C=O) groups is 2. The lowest BCUT2D eigenvalue weighted by atomic mass is 10.2. The van der Waals surface area contributed by atoms with Gasteiger partial charge in [0.1, 0.15) is 0 Å². The molecule has 1 aromatic heterocycles. The van der Waals surface area contributed by atoms with Gasteiger partial charge in [-0.05, 0) is 36.4 Å². The van der Waals surface area contributed by atoms with E-state index in [-0.39, 0.29) is 5.75 Å². The zero-order valence-corrected chi connectivity index (χ0v) is 18.5. The van der Waals surface area contributed by atoms with Crippen LogP contribution >= 0.6 is 23.4 Å². The number of halogens is 4. The van der Waals surface area contributed by atoms with Crippen LogP contribution in [-0.4, -0.2) is 38.9 Å². The molecule has 172 valence electrons. The minimum absolute atomic E-state index is 0.0806. The maximum absolute atomic E-state index is 13.6. The van der Waals surface area contributed by atoms with Crippen LogP contribution in [0, 0.1) is 17.5 Å². The summed E-state index contributed by atoms with van der Waals surface area (Å²) in [5, 5.41) is 13.7. The third kappa shape index (κ3) is 6.14. The first-order valence-electron chi connectivity index (χ1n) is 9.43. The lowest BCUT2D eigenvalue weighted by molar-refractivity contribution is -0.122. The van der Waals surface area contributed by atoms with E-state index < -0.39 is 41.5 Å². The van der Waals surface area contributed by atoms with Crippen LogP contribution < -0.4 is 10.6 Å². The predicted octanol–water partition coefficient (Wildman–Crippen LogP) is 4.05. The average molecular weight is 496 g/mol. The first-order chi connectivity index (χ1) is 15.8. The van der Waals surface area contributed by atoms with Crippen molar-refractivity contribution in [1.82, 2.24) is 20.1 Å². The van der Waals surface area contributed by atoms with Crippen LogP contribution in [0.5, 0.6) is 0 Å². The highest BCUT2D eigenvalue weighted by atomic mass is 35.5. The molecule has 0 spiro atoms. The van der Waals surface area contributed by atoms with Gasteiger partial charge in [-0.2, -0.15) is 0 Å². The molecule has 2 aromatic carbocycles. The molecule has 0 bridgehead atoms. The Morgan fingerprint density at radius 1 is 1.06 bits per heavy atom. The highest BCUT2D eigenvalue weighted by Gasteiger charge is 2.17. The molecule has 33 heavy (non-hydrogen) atoms. The Kier molecular flexibility index (Phi) is 8.12. The molecule has 1 heterocycles. The van der Waals surface area contributed by atoms with Crippen molar-refractivity contribution < 1.29 is 22.8 Å². The fourth-order valence-electron chi connectivity index (χ4n) is 2.68. The molecular weight excluding hydrogens is 479 g/mol. The van der Waals surface area contributed by atoms with Crippen molar-refractivity contribution in [2.75, 3.05) is 17.6 Å². The van der Waals surface area contributed by atoms with Gasteiger partial charge in [0, 0.05) is 17.1 Å². The Hall–Kier alpha value is -3.31. The van der Waals surface area contributed by atoms with Crippen molar-refractivity contribution in [3.05, 3.63) is 71.5 Å². The number of anilines is 1. The maximum atomic E-state index is 13.6. The van der Waals surface area contributed by atoms with E-state index in [1.165, 1.54) is 0 Å². The molecule has 2 amide bonds. The molecule has 0 fully saturated rings. The maximum Gasteiger partial charge on any atom is 0.243 e. The number of carbonyl (C=O) groups excluding carboxylic acids is 2. The molecule has 3 rings (SSSR count). The third-order valence-corrected chi connectivity index (χ3v) is 5.44. The number of aromatic nitrogens is 3. The molecule has 3 aromatic rings. The highest BCUT2D eigenvalue weighted by molar-refractivity contribution is 7.99. The molecule has 0 saturated heterocycles. The van der Waals surface area contributed by atoms with E-state index in [2.05, 4.69) is 27.4 Å². The smallest absolute Gasteiger partial charge is 0.243 e. The molecule has 0 saturated carbocycles. The summed E-state index contributed by atoms with van der Waals surface area (Å²) in [6.07, 6.45) is 1.66. The summed E-state index contributed by atoms with van der Waals surface area (Å²) >= 11 is 7.02. The van der Waals surface area contributed by atoms with Gasteiger partial charge in [-0.15, -0.1) is 16.8 Å². The first-order valence-corrected chi connectivity index (χ1v) is 10.8. The summed E-state index contributed by atoms with van der Waals surface area (Å²) in [5.41, 5.74) is 0.251. The highest BCUT2D eigenvalue weighted by Crippen LogP contribution is 2.25.